The van der Waals surface area contributed by atoms with Crippen LogP contribution in [-0.2, 0) is 14.8 Å². The maximum atomic E-state index is 12.8. The van der Waals surface area contributed by atoms with Gasteiger partial charge in [-0.3, -0.25) is 0 Å². The van der Waals surface area contributed by atoms with Crippen LogP contribution in [0.15, 0.2) is 33.6 Å². The lowest BCUT2D eigenvalue weighted by Crippen LogP contribution is -2.46. The van der Waals surface area contributed by atoms with Crippen LogP contribution in [0.4, 0.5) is 5.88 Å². The molecule has 1 aromatic carbocycles. The minimum Gasteiger partial charge on any atom is -0.419 e. The zero-order valence-corrected chi connectivity index (χ0v) is 17.8. The molecule has 2 aliphatic rings. The van der Waals surface area contributed by atoms with Gasteiger partial charge in [-0.05, 0) is 30.8 Å². The summed E-state index contributed by atoms with van der Waals surface area (Å²) in [5, 5.41) is 9.50. The van der Waals surface area contributed by atoms with Gasteiger partial charge in [-0.2, -0.15) is 14.6 Å². The average Bonchev–Trinajstić information content (AvgIpc) is 3.24. The minimum atomic E-state index is -3.56. The van der Waals surface area contributed by atoms with E-state index >= 15 is 0 Å². The zero-order chi connectivity index (χ0) is 21.1. The molecule has 30 heavy (non-hydrogen) atoms. The van der Waals surface area contributed by atoms with Crippen molar-refractivity contribution in [3.8, 4) is 17.5 Å². The molecular weight excluding hydrogens is 406 g/mol. The van der Waals surface area contributed by atoms with E-state index in [4.69, 9.17) is 9.15 Å². The van der Waals surface area contributed by atoms with Crippen molar-refractivity contribution in [2.45, 2.75) is 11.8 Å². The number of hydrogen-bond acceptors (Lipinski definition) is 8. The van der Waals surface area contributed by atoms with Crippen LogP contribution in [0.1, 0.15) is 12.6 Å². The van der Waals surface area contributed by atoms with Crippen LogP contribution < -0.4 is 4.90 Å². The number of ether oxygens (including phenoxy) is 1. The lowest BCUT2D eigenvalue weighted by molar-refractivity contribution is 0.0730. The van der Waals surface area contributed by atoms with Gasteiger partial charge in [0, 0.05) is 44.8 Å². The monoisotopic (exact) mass is 431 g/mol. The van der Waals surface area contributed by atoms with Crippen molar-refractivity contribution in [3.05, 3.63) is 30.0 Å². The second-order valence-corrected chi connectivity index (χ2v) is 9.18. The van der Waals surface area contributed by atoms with Crippen LogP contribution in [0.25, 0.3) is 11.5 Å². The quantitative estimate of drug-likeness (QED) is 0.700. The fourth-order valence-electron chi connectivity index (χ4n) is 3.70. The second kappa shape index (κ2) is 8.73. The molecule has 9 nitrogen and oxygen atoms in total. The van der Waals surface area contributed by atoms with Gasteiger partial charge in [-0.1, -0.05) is 6.92 Å². The number of nitriles is 1. The molecule has 0 amide bonds. The molecule has 2 saturated heterocycles. The molecule has 10 heteroatoms. The summed E-state index contributed by atoms with van der Waals surface area (Å²) in [6, 6.07) is 8.55. The molecule has 3 heterocycles. The van der Waals surface area contributed by atoms with E-state index < -0.39 is 10.0 Å². The van der Waals surface area contributed by atoms with Gasteiger partial charge in [0.15, 0.2) is 0 Å². The molecule has 0 unspecified atom stereocenters. The first kappa shape index (κ1) is 20.8. The van der Waals surface area contributed by atoms with Gasteiger partial charge in [-0.15, -0.1) is 0 Å². The Kier molecular flexibility index (Phi) is 6.06. The summed E-state index contributed by atoms with van der Waals surface area (Å²) in [4.78, 5) is 8.94. The summed E-state index contributed by atoms with van der Waals surface area (Å²) in [5.74, 6) is 0.794. The zero-order valence-electron chi connectivity index (χ0n) is 17.0. The molecular formula is C20H25N5O4S. The summed E-state index contributed by atoms with van der Waals surface area (Å²) in [5.41, 5.74) is 0.880. The fraction of sp³-hybridized carbons (Fsp3) is 0.500. The van der Waals surface area contributed by atoms with Gasteiger partial charge in [0.2, 0.25) is 27.5 Å². The fourth-order valence-corrected chi connectivity index (χ4v) is 5.10. The third-order valence-corrected chi connectivity index (χ3v) is 7.44. The summed E-state index contributed by atoms with van der Waals surface area (Å²) in [6.07, 6.45) is 0. The van der Waals surface area contributed by atoms with Crippen LogP contribution >= 0.6 is 0 Å². The standard InChI is InChI=1S/C20H25N5O4S/c1-2-23-7-9-24(10-8-23)20-18(15-21)22-19(29-20)16-3-5-17(6-4-16)30(26,27)25-11-13-28-14-12-25/h3-6H,2,7-14H2,1H3. The molecule has 0 radical (unpaired) electrons. The van der Waals surface area contributed by atoms with Crippen molar-refractivity contribution < 1.29 is 17.6 Å². The Morgan fingerprint density at radius 1 is 1.07 bits per heavy atom. The summed E-state index contributed by atoms with van der Waals surface area (Å²) in [7, 11) is -3.56. The van der Waals surface area contributed by atoms with Crippen molar-refractivity contribution in [1.29, 1.82) is 5.26 Å². The number of anilines is 1. The average molecular weight is 432 g/mol. The van der Waals surface area contributed by atoms with Crippen molar-refractivity contribution in [2.75, 3.05) is 63.9 Å². The third-order valence-electron chi connectivity index (χ3n) is 5.53. The molecule has 0 atom stereocenters. The first-order chi connectivity index (χ1) is 14.5. The third kappa shape index (κ3) is 4.06. The highest BCUT2D eigenvalue weighted by Gasteiger charge is 2.27. The first-order valence-corrected chi connectivity index (χ1v) is 11.5. The predicted molar refractivity (Wildman–Crippen MR) is 111 cm³/mol. The molecule has 0 bridgehead atoms. The SMILES string of the molecule is CCN1CCN(c2oc(-c3ccc(S(=O)(=O)N4CCOCC4)cc3)nc2C#N)CC1. The van der Waals surface area contributed by atoms with Crippen molar-refractivity contribution in [2.24, 2.45) is 0 Å². The smallest absolute Gasteiger partial charge is 0.243 e. The van der Waals surface area contributed by atoms with E-state index in [1.54, 1.807) is 24.3 Å². The Hall–Kier alpha value is -2.45. The summed E-state index contributed by atoms with van der Waals surface area (Å²) in [6.45, 7) is 8.00. The van der Waals surface area contributed by atoms with Gasteiger partial charge in [0.1, 0.15) is 6.07 Å². The number of morpholine rings is 1. The predicted octanol–water partition coefficient (Wildman–Crippen LogP) is 1.38. The number of likely N-dealkylation sites (N-methyl/N-ethyl adjacent to an activating group) is 1. The van der Waals surface area contributed by atoms with Crippen molar-refractivity contribution in [3.63, 3.8) is 0 Å². The van der Waals surface area contributed by atoms with E-state index in [-0.39, 0.29) is 10.6 Å². The Balaban J connectivity index is 1.55. The normalized spacial score (nSPS) is 19.0. The van der Waals surface area contributed by atoms with E-state index in [9.17, 15) is 13.7 Å². The highest BCUT2D eigenvalue weighted by molar-refractivity contribution is 7.89. The largest absolute Gasteiger partial charge is 0.419 e. The highest BCUT2D eigenvalue weighted by atomic mass is 32.2. The molecule has 0 saturated carbocycles. The van der Waals surface area contributed by atoms with E-state index in [2.05, 4.69) is 22.9 Å². The van der Waals surface area contributed by atoms with E-state index in [0.717, 1.165) is 32.7 Å². The summed E-state index contributed by atoms with van der Waals surface area (Å²) < 4.78 is 38.2. The number of piperazine rings is 1. The van der Waals surface area contributed by atoms with Gasteiger partial charge in [0.05, 0.1) is 18.1 Å². The van der Waals surface area contributed by atoms with Gasteiger partial charge < -0.3 is 19.0 Å². The maximum Gasteiger partial charge on any atom is 0.243 e. The van der Waals surface area contributed by atoms with Gasteiger partial charge >= 0.3 is 0 Å². The number of nitrogens with zero attached hydrogens (tertiary/aromatic N) is 5. The molecule has 2 aliphatic heterocycles. The van der Waals surface area contributed by atoms with E-state index in [1.807, 2.05) is 4.90 Å². The first-order valence-electron chi connectivity index (χ1n) is 10.1. The Morgan fingerprint density at radius 3 is 2.33 bits per heavy atom. The van der Waals surface area contributed by atoms with Crippen molar-refractivity contribution in [1.82, 2.24) is 14.2 Å². The van der Waals surface area contributed by atoms with Gasteiger partial charge in [-0.25, -0.2) is 8.42 Å². The van der Waals surface area contributed by atoms with Gasteiger partial charge in [0.25, 0.3) is 0 Å². The number of rotatable bonds is 5. The van der Waals surface area contributed by atoms with Crippen LogP contribution in [-0.4, -0.2) is 81.6 Å². The lowest BCUT2D eigenvalue weighted by atomic mass is 10.2. The Bertz CT molecular complexity index is 1010. The van der Waals surface area contributed by atoms with Crippen LogP contribution in [0, 0.1) is 11.3 Å². The molecule has 1 aromatic heterocycles. The maximum absolute atomic E-state index is 12.8. The molecule has 2 fully saturated rings. The van der Waals surface area contributed by atoms with E-state index in [1.165, 1.54) is 4.31 Å². The van der Waals surface area contributed by atoms with Crippen LogP contribution in [0.2, 0.25) is 0 Å². The van der Waals surface area contributed by atoms with E-state index in [0.29, 0.717) is 43.6 Å². The lowest BCUT2D eigenvalue weighted by Gasteiger charge is -2.33. The Morgan fingerprint density at radius 2 is 1.73 bits per heavy atom. The molecule has 0 spiro atoms. The van der Waals surface area contributed by atoms with Crippen LogP contribution in [0.3, 0.4) is 0 Å². The number of sulfonamides is 1. The molecule has 4 rings (SSSR count). The van der Waals surface area contributed by atoms with Crippen LogP contribution in [0.5, 0.6) is 0 Å². The number of hydrogen-bond donors (Lipinski definition) is 0. The number of aromatic nitrogens is 1. The van der Waals surface area contributed by atoms with Crippen molar-refractivity contribution >= 4 is 15.9 Å². The molecule has 0 aliphatic carbocycles. The second-order valence-electron chi connectivity index (χ2n) is 7.25. The molecule has 2 aromatic rings. The highest BCUT2D eigenvalue weighted by Crippen LogP contribution is 2.30. The topological polar surface area (TPSA) is 103 Å². The number of benzene rings is 1. The summed E-state index contributed by atoms with van der Waals surface area (Å²) >= 11 is 0. The molecule has 0 N–H and O–H groups in total. The number of oxazole rings is 1. The minimum absolute atomic E-state index is 0.219. The Labute approximate surface area is 176 Å². The molecule has 160 valence electrons.